The lowest BCUT2D eigenvalue weighted by molar-refractivity contribution is 0.599. The van der Waals surface area contributed by atoms with Gasteiger partial charge in [-0.25, -0.2) is 14.4 Å². The normalized spacial score (nSPS) is 11.0. The second-order valence-corrected chi connectivity index (χ2v) is 8.07. The summed E-state index contributed by atoms with van der Waals surface area (Å²) in [5.74, 6) is 0.399. The van der Waals surface area contributed by atoms with Crippen molar-refractivity contribution in [1.82, 2.24) is 9.97 Å². The van der Waals surface area contributed by atoms with Crippen LogP contribution in [0.15, 0.2) is 54.9 Å². The van der Waals surface area contributed by atoms with Gasteiger partial charge in [0.25, 0.3) is 0 Å². The molecule has 30 heavy (non-hydrogen) atoms. The zero-order valence-corrected chi connectivity index (χ0v) is 18.3. The van der Waals surface area contributed by atoms with Crippen LogP contribution in [-0.2, 0) is 12.8 Å². The Hall–Kier alpha value is -2.55. The van der Waals surface area contributed by atoms with Gasteiger partial charge in [0.15, 0.2) is 5.82 Å². The van der Waals surface area contributed by atoms with Crippen molar-refractivity contribution in [2.75, 3.05) is 0 Å². The summed E-state index contributed by atoms with van der Waals surface area (Å²) in [5, 5.41) is 0. The second-order valence-electron chi connectivity index (χ2n) is 8.07. The molecule has 3 heteroatoms. The van der Waals surface area contributed by atoms with Crippen molar-refractivity contribution in [1.29, 1.82) is 0 Å². The van der Waals surface area contributed by atoms with Crippen molar-refractivity contribution in [3.05, 3.63) is 71.8 Å². The summed E-state index contributed by atoms with van der Waals surface area (Å²) in [6.07, 6.45) is 14.0. The molecule has 0 fully saturated rings. The number of aromatic nitrogens is 2. The summed E-state index contributed by atoms with van der Waals surface area (Å²) in [4.78, 5) is 8.97. The fourth-order valence-electron chi connectivity index (χ4n) is 3.70. The maximum atomic E-state index is 14.4. The molecule has 0 aliphatic heterocycles. The Kier molecular flexibility index (Phi) is 8.55. The van der Waals surface area contributed by atoms with Gasteiger partial charge < -0.3 is 0 Å². The Labute approximate surface area is 180 Å². The van der Waals surface area contributed by atoms with Crippen LogP contribution < -0.4 is 0 Å². The molecule has 3 aromatic rings. The molecule has 0 N–H and O–H groups in total. The zero-order chi connectivity index (χ0) is 21.2. The maximum Gasteiger partial charge on any atom is 0.159 e. The van der Waals surface area contributed by atoms with Gasteiger partial charge in [-0.2, -0.15) is 0 Å². The SMILES string of the molecule is CCCCCCc1ccc(-c2cnc(-c3ccc(CCCCC)c(F)c3)nc2)cc1. The number of hydrogen-bond acceptors (Lipinski definition) is 2. The fraction of sp³-hybridized carbons (Fsp3) is 0.407. The van der Waals surface area contributed by atoms with Crippen LogP contribution >= 0.6 is 0 Å². The Bertz CT molecular complexity index is 901. The van der Waals surface area contributed by atoms with E-state index in [1.165, 1.54) is 31.2 Å². The van der Waals surface area contributed by atoms with Crippen molar-refractivity contribution in [3.63, 3.8) is 0 Å². The molecule has 2 nitrogen and oxygen atoms in total. The van der Waals surface area contributed by atoms with Gasteiger partial charge in [-0.15, -0.1) is 0 Å². The van der Waals surface area contributed by atoms with E-state index in [1.807, 2.05) is 24.5 Å². The Balaban J connectivity index is 1.64. The second kappa shape index (κ2) is 11.6. The van der Waals surface area contributed by atoms with Gasteiger partial charge >= 0.3 is 0 Å². The summed E-state index contributed by atoms with van der Waals surface area (Å²) < 4.78 is 14.4. The predicted octanol–water partition coefficient (Wildman–Crippen LogP) is 7.81. The summed E-state index contributed by atoms with van der Waals surface area (Å²) in [7, 11) is 0. The van der Waals surface area contributed by atoms with E-state index in [-0.39, 0.29) is 5.82 Å². The van der Waals surface area contributed by atoms with E-state index >= 15 is 0 Å². The lowest BCUT2D eigenvalue weighted by Gasteiger charge is -2.07. The van der Waals surface area contributed by atoms with Crippen molar-refractivity contribution < 1.29 is 4.39 Å². The average Bonchev–Trinajstić information content (AvgIpc) is 2.78. The van der Waals surface area contributed by atoms with Crippen molar-refractivity contribution >= 4 is 0 Å². The molecule has 0 saturated carbocycles. The molecule has 0 unspecified atom stereocenters. The van der Waals surface area contributed by atoms with Gasteiger partial charge in [0.05, 0.1) is 0 Å². The predicted molar refractivity (Wildman–Crippen MR) is 124 cm³/mol. The summed E-state index contributed by atoms with van der Waals surface area (Å²) in [5.41, 5.74) is 4.96. The minimum Gasteiger partial charge on any atom is -0.236 e. The number of rotatable bonds is 11. The highest BCUT2D eigenvalue weighted by Crippen LogP contribution is 2.23. The first-order valence-corrected chi connectivity index (χ1v) is 11.4. The van der Waals surface area contributed by atoms with Crippen molar-refractivity contribution in [2.24, 2.45) is 0 Å². The highest BCUT2D eigenvalue weighted by molar-refractivity contribution is 5.64. The molecule has 1 aromatic heterocycles. The highest BCUT2D eigenvalue weighted by Gasteiger charge is 2.08. The van der Waals surface area contributed by atoms with Crippen LogP contribution in [0.3, 0.4) is 0 Å². The molecule has 0 atom stereocenters. The quantitative estimate of drug-likeness (QED) is 0.305. The van der Waals surface area contributed by atoms with Crippen LogP contribution in [0.5, 0.6) is 0 Å². The van der Waals surface area contributed by atoms with Crippen molar-refractivity contribution in [3.8, 4) is 22.5 Å². The molecule has 1 heterocycles. The molecule has 0 saturated heterocycles. The van der Waals surface area contributed by atoms with E-state index in [1.54, 1.807) is 6.07 Å². The van der Waals surface area contributed by atoms with Crippen LogP contribution in [-0.4, -0.2) is 9.97 Å². The summed E-state index contributed by atoms with van der Waals surface area (Å²) >= 11 is 0. The number of aryl methyl sites for hydroxylation is 2. The van der Waals surface area contributed by atoms with Gasteiger partial charge in [-0.1, -0.05) is 82.3 Å². The minimum absolute atomic E-state index is 0.161. The van der Waals surface area contributed by atoms with E-state index < -0.39 is 0 Å². The molecule has 0 aliphatic rings. The van der Waals surface area contributed by atoms with Gasteiger partial charge in [0.2, 0.25) is 0 Å². The Morgan fingerprint density at radius 1 is 0.667 bits per heavy atom. The first-order chi connectivity index (χ1) is 14.7. The van der Waals surface area contributed by atoms with E-state index in [9.17, 15) is 4.39 Å². The molecular weight excluding hydrogens is 371 g/mol. The first-order valence-electron chi connectivity index (χ1n) is 11.4. The van der Waals surface area contributed by atoms with Crippen LogP contribution in [0.25, 0.3) is 22.5 Å². The van der Waals surface area contributed by atoms with Gasteiger partial charge in [0, 0.05) is 23.5 Å². The molecule has 0 spiro atoms. The van der Waals surface area contributed by atoms with E-state index in [0.29, 0.717) is 5.82 Å². The van der Waals surface area contributed by atoms with E-state index in [4.69, 9.17) is 0 Å². The number of benzene rings is 2. The van der Waals surface area contributed by atoms with Crippen LogP contribution in [0.1, 0.15) is 69.9 Å². The van der Waals surface area contributed by atoms with Crippen LogP contribution in [0.4, 0.5) is 4.39 Å². The summed E-state index contributed by atoms with van der Waals surface area (Å²) in [6, 6.07) is 14.0. The third kappa shape index (κ3) is 6.22. The largest absolute Gasteiger partial charge is 0.236 e. The lowest BCUT2D eigenvalue weighted by Crippen LogP contribution is -1.95. The van der Waals surface area contributed by atoms with Crippen molar-refractivity contribution in [2.45, 2.75) is 71.6 Å². The number of nitrogens with zero attached hydrogens (tertiary/aromatic N) is 2. The highest BCUT2D eigenvalue weighted by atomic mass is 19.1. The minimum atomic E-state index is -0.161. The number of halogens is 1. The standard InChI is InChI=1S/C27H33FN2/c1-3-5-7-9-10-21-12-14-22(15-13-21)25-19-29-27(30-20-25)24-17-16-23(26(28)18-24)11-8-6-4-2/h12-20H,3-11H2,1-2H3. The summed E-state index contributed by atoms with van der Waals surface area (Å²) in [6.45, 7) is 4.39. The van der Waals surface area contributed by atoms with Gasteiger partial charge in [-0.05, 0) is 48.4 Å². The Morgan fingerprint density at radius 2 is 1.30 bits per heavy atom. The van der Waals surface area contributed by atoms with E-state index in [2.05, 4.69) is 48.1 Å². The third-order valence-corrected chi connectivity index (χ3v) is 5.62. The number of hydrogen-bond donors (Lipinski definition) is 0. The third-order valence-electron chi connectivity index (χ3n) is 5.62. The van der Waals surface area contributed by atoms with E-state index in [0.717, 1.165) is 54.4 Å². The van der Waals surface area contributed by atoms with Gasteiger partial charge in [-0.3, -0.25) is 0 Å². The molecule has 0 radical (unpaired) electrons. The molecular formula is C27H33FN2. The van der Waals surface area contributed by atoms with Gasteiger partial charge in [0.1, 0.15) is 5.82 Å². The maximum absolute atomic E-state index is 14.4. The molecule has 3 rings (SSSR count). The van der Waals surface area contributed by atoms with Crippen LogP contribution in [0.2, 0.25) is 0 Å². The zero-order valence-electron chi connectivity index (χ0n) is 18.3. The smallest absolute Gasteiger partial charge is 0.159 e. The average molecular weight is 405 g/mol. The first kappa shape index (κ1) is 22.1. The molecule has 0 aliphatic carbocycles. The number of unbranched alkanes of at least 4 members (excludes halogenated alkanes) is 5. The molecule has 0 amide bonds. The molecule has 2 aromatic carbocycles. The monoisotopic (exact) mass is 404 g/mol. The topological polar surface area (TPSA) is 25.8 Å². The lowest BCUT2D eigenvalue weighted by atomic mass is 10.0. The molecule has 158 valence electrons. The molecule has 0 bridgehead atoms. The fourth-order valence-corrected chi connectivity index (χ4v) is 3.70. The Morgan fingerprint density at radius 3 is 1.97 bits per heavy atom. The van der Waals surface area contributed by atoms with Crippen LogP contribution in [0, 0.1) is 5.82 Å².